The minimum atomic E-state index is -0.0455. The van der Waals surface area contributed by atoms with Gasteiger partial charge < -0.3 is 10.0 Å². The summed E-state index contributed by atoms with van der Waals surface area (Å²) in [7, 11) is 1.96. The zero-order chi connectivity index (χ0) is 13.8. The van der Waals surface area contributed by atoms with Crippen molar-refractivity contribution in [3.63, 3.8) is 0 Å². The SMILES string of the molecule is CN(Cc1csc(Br)c1)c1ccc(CO)cc1C#N. The molecule has 5 heteroatoms. The number of benzene rings is 1. The highest BCUT2D eigenvalue weighted by molar-refractivity contribution is 9.11. The summed E-state index contributed by atoms with van der Waals surface area (Å²) in [5, 5.41) is 20.4. The highest BCUT2D eigenvalue weighted by atomic mass is 79.9. The Morgan fingerprint density at radius 3 is 2.74 bits per heavy atom. The van der Waals surface area contributed by atoms with Gasteiger partial charge in [0, 0.05) is 13.6 Å². The number of nitriles is 1. The van der Waals surface area contributed by atoms with Gasteiger partial charge in [-0.25, -0.2) is 0 Å². The number of nitrogens with zero attached hydrogens (tertiary/aromatic N) is 2. The maximum absolute atomic E-state index is 9.19. The molecule has 98 valence electrons. The van der Waals surface area contributed by atoms with Crippen LogP contribution in [0.2, 0.25) is 0 Å². The zero-order valence-corrected chi connectivity index (χ0v) is 12.8. The summed E-state index contributed by atoms with van der Waals surface area (Å²) in [5.41, 5.74) is 3.42. The molecule has 2 aromatic rings. The van der Waals surface area contributed by atoms with E-state index in [-0.39, 0.29) is 6.61 Å². The lowest BCUT2D eigenvalue weighted by atomic mass is 10.1. The minimum Gasteiger partial charge on any atom is -0.392 e. The molecule has 1 aromatic carbocycles. The summed E-state index contributed by atoms with van der Waals surface area (Å²) in [6, 6.07) is 9.72. The van der Waals surface area contributed by atoms with Crippen molar-refractivity contribution < 1.29 is 5.11 Å². The topological polar surface area (TPSA) is 47.3 Å². The number of anilines is 1. The van der Waals surface area contributed by atoms with Crippen LogP contribution in [0.1, 0.15) is 16.7 Å². The maximum Gasteiger partial charge on any atom is 0.101 e. The molecule has 1 N–H and O–H groups in total. The zero-order valence-electron chi connectivity index (χ0n) is 10.4. The average molecular weight is 337 g/mol. The van der Waals surface area contributed by atoms with Crippen molar-refractivity contribution >= 4 is 33.0 Å². The average Bonchev–Trinajstić information content (AvgIpc) is 2.83. The van der Waals surface area contributed by atoms with Crippen LogP contribution in [-0.2, 0) is 13.2 Å². The van der Waals surface area contributed by atoms with E-state index in [0.29, 0.717) is 5.56 Å². The van der Waals surface area contributed by atoms with E-state index in [1.165, 1.54) is 5.56 Å². The lowest BCUT2D eigenvalue weighted by Crippen LogP contribution is -2.17. The molecule has 1 heterocycles. The van der Waals surface area contributed by atoms with E-state index in [9.17, 15) is 5.26 Å². The third-order valence-electron chi connectivity index (χ3n) is 2.82. The second-order valence-corrected chi connectivity index (χ2v) is 6.53. The monoisotopic (exact) mass is 336 g/mol. The second-order valence-electron chi connectivity index (χ2n) is 4.24. The molecule has 0 aliphatic heterocycles. The molecule has 0 atom stereocenters. The summed E-state index contributed by atoms with van der Waals surface area (Å²) in [5.74, 6) is 0. The van der Waals surface area contributed by atoms with Gasteiger partial charge in [-0.2, -0.15) is 5.26 Å². The Morgan fingerprint density at radius 1 is 1.37 bits per heavy atom. The largest absolute Gasteiger partial charge is 0.392 e. The van der Waals surface area contributed by atoms with Gasteiger partial charge in [0.2, 0.25) is 0 Å². The summed E-state index contributed by atoms with van der Waals surface area (Å²) in [6.45, 7) is 0.700. The van der Waals surface area contributed by atoms with Crippen molar-refractivity contribution in [2.45, 2.75) is 13.2 Å². The Bertz CT molecular complexity index is 618. The molecule has 0 saturated carbocycles. The van der Waals surface area contributed by atoms with Gasteiger partial charge in [0.25, 0.3) is 0 Å². The molecule has 1 aromatic heterocycles. The molecular formula is C14H13BrN2OS. The predicted molar refractivity (Wildman–Crippen MR) is 81.2 cm³/mol. The lowest BCUT2D eigenvalue weighted by Gasteiger charge is -2.20. The summed E-state index contributed by atoms with van der Waals surface area (Å²) < 4.78 is 1.10. The summed E-state index contributed by atoms with van der Waals surface area (Å²) >= 11 is 5.09. The number of aliphatic hydroxyl groups is 1. The van der Waals surface area contributed by atoms with Gasteiger partial charge in [0.15, 0.2) is 0 Å². The highest BCUT2D eigenvalue weighted by Gasteiger charge is 2.09. The molecule has 0 saturated heterocycles. The fourth-order valence-electron chi connectivity index (χ4n) is 1.89. The Hall–Kier alpha value is -1.35. The Labute approximate surface area is 124 Å². The van der Waals surface area contributed by atoms with Gasteiger partial charge in [-0.1, -0.05) is 6.07 Å². The van der Waals surface area contributed by atoms with E-state index in [4.69, 9.17) is 5.11 Å². The Kier molecular flexibility index (Phi) is 4.59. The van der Waals surface area contributed by atoms with Crippen LogP contribution in [0.3, 0.4) is 0 Å². The van der Waals surface area contributed by atoms with Crippen LogP contribution < -0.4 is 4.90 Å². The first-order chi connectivity index (χ1) is 9.13. The molecule has 0 aliphatic carbocycles. The molecule has 0 spiro atoms. The van der Waals surface area contributed by atoms with Crippen molar-refractivity contribution in [1.29, 1.82) is 5.26 Å². The molecule has 0 amide bonds. The molecular weight excluding hydrogens is 324 g/mol. The number of halogens is 1. The third kappa shape index (κ3) is 3.35. The van der Waals surface area contributed by atoms with Gasteiger partial charge in [-0.15, -0.1) is 11.3 Å². The van der Waals surface area contributed by atoms with Crippen LogP contribution in [0, 0.1) is 11.3 Å². The first-order valence-electron chi connectivity index (χ1n) is 5.72. The van der Waals surface area contributed by atoms with E-state index >= 15 is 0 Å². The molecule has 0 radical (unpaired) electrons. The minimum absolute atomic E-state index is 0.0455. The van der Waals surface area contributed by atoms with Crippen LogP contribution in [0.25, 0.3) is 0 Å². The van der Waals surface area contributed by atoms with Gasteiger partial charge in [0.1, 0.15) is 6.07 Å². The molecule has 0 aliphatic rings. The van der Waals surface area contributed by atoms with Crippen molar-refractivity contribution in [2.75, 3.05) is 11.9 Å². The van der Waals surface area contributed by atoms with E-state index in [1.54, 1.807) is 17.4 Å². The smallest absolute Gasteiger partial charge is 0.101 e. The second kappa shape index (κ2) is 6.20. The van der Waals surface area contributed by atoms with Crippen LogP contribution in [0.4, 0.5) is 5.69 Å². The van der Waals surface area contributed by atoms with E-state index in [1.807, 2.05) is 24.1 Å². The van der Waals surface area contributed by atoms with Gasteiger partial charge in [-0.3, -0.25) is 0 Å². The predicted octanol–water partition coefficient (Wildman–Crippen LogP) is 3.51. The van der Waals surface area contributed by atoms with E-state index < -0.39 is 0 Å². The van der Waals surface area contributed by atoms with Gasteiger partial charge >= 0.3 is 0 Å². The lowest BCUT2D eigenvalue weighted by molar-refractivity contribution is 0.282. The van der Waals surface area contributed by atoms with E-state index in [2.05, 4.69) is 33.4 Å². The van der Waals surface area contributed by atoms with Crippen molar-refractivity contribution in [3.8, 4) is 6.07 Å². The van der Waals surface area contributed by atoms with Gasteiger partial charge in [0.05, 0.1) is 21.6 Å². The van der Waals surface area contributed by atoms with Crippen LogP contribution in [0.5, 0.6) is 0 Å². The molecule has 0 unspecified atom stereocenters. The normalized spacial score (nSPS) is 10.2. The molecule has 0 fully saturated rings. The third-order valence-corrected chi connectivity index (χ3v) is 4.37. The van der Waals surface area contributed by atoms with Crippen LogP contribution in [0.15, 0.2) is 33.4 Å². The van der Waals surface area contributed by atoms with Gasteiger partial charge in [-0.05, 0) is 50.6 Å². The van der Waals surface area contributed by atoms with Crippen LogP contribution in [-0.4, -0.2) is 12.2 Å². The number of rotatable bonds is 4. The first kappa shape index (κ1) is 14.1. The number of hydrogen-bond donors (Lipinski definition) is 1. The number of aliphatic hydroxyl groups excluding tert-OH is 1. The van der Waals surface area contributed by atoms with Crippen molar-refractivity contribution in [1.82, 2.24) is 0 Å². The van der Waals surface area contributed by atoms with Crippen LogP contribution >= 0.6 is 27.3 Å². The quantitative estimate of drug-likeness (QED) is 0.929. The molecule has 0 bridgehead atoms. The van der Waals surface area contributed by atoms with Crippen molar-refractivity contribution in [3.05, 3.63) is 50.1 Å². The molecule has 2 rings (SSSR count). The Morgan fingerprint density at radius 2 is 2.16 bits per heavy atom. The van der Waals surface area contributed by atoms with Crippen molar-refractivity contribution in [2.24, 2.45) is 0 Å². The standard InChI is InChI=1S/C14H13BrN2OS/c1-17(7-11-5-14(15)19-9-11)13-3-2-10(8-18)4-12(13)6-16/h2-5,9,18H,7-8H2,1H3. The fourth-order valence-corrected chi connectivity index (χ4v) is 3.09. The first-order valence-corrected chi connectivity index (χ1v) is 7.39. The molecule has 19 heavy (non-hydrogen) atoms. The fraction of sp³-hybridized carbons (Fsp3) is 0.214. The highest BCUT2D eigenvalue weighted by Crippen LogP contribution is 2.25. The number of thiophene rings is 1. The summed E-state index contributed by atoms with van der Waals surface area (Å²) in [4.78, 5) is 2.04. The summed E-state index contributed by atoms with van der Waals surface area (Å²) in [6.07, 6.45) is 0. The van der Waals surface area contributed by atoms with E-state index in [0.717, 1.165) is 21.6 Å². The maximum atomic E-state index is 9.19. The Balaban J connectivity index is 2.23. The number of hydrogen-bond acceptors (Lipinski definition) is 4. The molecule has 3 nitrogen and oxygen atoms in total.